The maximum absolute atomic E-state index is 9.09. The van der Waals surface area contributed by atoms with Gasteiger partial charge in [-0.3, -0.25) is 0 Å². The van der Waals surface area contributed by atoms with E-state index in [0.717, 1.165) is 5.70 Å². The van der Waals surface area contributed by atoms with Crippen molar-refractivity contribution in [1.82, 2.24) is 5.32 Å². The van der Waals surface area contributed by atoms with Crippen LogP contribution in [0.25, 0.3) is 0 Å². The minimum atomic E-state index is -0.498. The number of nitrogens with one attached hydrogen (secondary N) is 1. The molecule has 10 heavy (non-hydrogen) atoms. The molecule has 0 aromatic heterocycles. The number of allylic oxidation sites excluding steroid dienone is 3. The average molecular weight is 139 g/mol. The first kappa shape index (κ1) is 7.35. The quantitative estimate of drug-likeness (QED) is 0.568. The number of hydrogen-bond acceptors (Lipinski definition) is 2. The van der Waals surface area contributed by atoms with Crippen LogP contribution in [-0.2, 0) is 0 Å². The molecule has 0 fully saturated rings. The molecule has 1 aliphatic rings. The van der Waals surface area contributed by atoms with Crippen LogP contribution in [0.2, 0.25) is 0 Å². The SMILES string of the molecule is CC(C)C1=CC=CC(O)N1. The fourth-order valence-corrected chi connectivity index (χ4v) is 0.891. The van der Waals surface area contributed by atoms with Crippen LogP contribution >= 0.6 is 0 Å². The monoisotopic (exact) mass is 139 g/mol. The lowest BCUT2D eigenvalue weighted by atomic mass is 10.1. The van der Waals surface area contributed by atoms with Crippen LogP contribution < -0.4 is 5.32 Å². The van der Waals surface area contributed by atoms with E-state index in [2.05, 4.69) is 19.2 Å². The zero-order valence-electron chi connectivity index (χ0n) is 6.33. The third-order valence-corrected chi connectivity index (χ3v) is 1.51. The molecule has 56 valence electrons. The zero-order chi connectivity index (χ0) is 7.56. The summed E-state index contributed by atoms with van der Waals surface area (Å²) in [7, 11) is 0. The van der Waals surface area contributed by atoms with Gasteiger partial charge in [0.25, 0.3) is 0 Å². The molecule has 2 nitrogen and oxygen atoms in total. The van der Waals surface area contributed by atoms with E-state index in [-0.39, 0.29) is 0 Å². The number of rotatable bonds is 1. The number of aliphatic hydroxyl groups is 1. The maximum Gasteiger partial charge on any atom is 0.143 e. The number of hydrogen-bond donors (Lipinski definition) is 2. The highest BCUT2D eigenvalue weighted by Crippen LogP contribution is 2.09. The summed E-state index contributed by atoms with van der Waals surface area (Å²) in [6.07, 6.45) is 5.07. The zero-order valence-corrected chi connectivity index (χ0v) is 6.33. The summed E-state index contributed by atoms with van der Waals surface area (Å²) in [5, 5.41) is 12.0. The second-order valence-corrected chi connectivity index (χ2v) is 2.75. The minimum Gasteiger partial charge on any atom is -0.370 e. The van der Waals surface area contributed by atoms with Crippen molar-refractivity contribution in [1.29, 1.82) is 0 Å². The van der Waals surface area contributed by atoms with E-state index in [9.17, 15) is 0 Å². The van der Waals surface area contributed by atoms with Crippen molar-refractivity contribution >= 4 is 0 Å². The van der Waals surface area contributed by atoms with Gasteiger partial charge in [-0.2, -0.15) is 0 Å². The third kappa shape index (κ3) is 1.61. The van der Waals surface area contributed by atoms with E-state index < -0.39 is 6.23 Å². The fourth-order valence-electron chi connectivity index (χ4n) is 0.891. The Kier molecular flexibility index (Phi) is 2.12. The lowest BCUT2D eigenvalue weighted by Crippen LogP contribution is -2.30. The molecule has 1 heterocycles. The lowest BCUT2D eigenvalue weighted by Gasteiger charge is -2.19. The largest absolute Gasteiger partial charge is 0.370 e. The molecule has 0 amide bonds. The van der Waals surface area contributed by atoms with Crippen molar-refractivity contribution < 1.29 is 5.11 Å². The highest BCUT2D eigenvalue weighted by molar-refractivity contribution is 5.19. The first-order chi connectivity index (χ1) is 4.70. The molecule has 0 aliphatic carbocycles. The van der Waals surface area contributed by atoms with E-state index in [1.807, 2.05) is 12.2 Å². The van der Waals surface area contributed by atoms with Crippen LogP contribution in [0.1, 0.15) is 13.8 Å². The smallest absolute Gasteiger partial charge is 0.143 e. The first-order valence-corrected chi connectivity index (χ1v) is 3.53. The van der Waals surface area contributed by atoms with Crippen molar-refractivity contribution in [2.75, 3.05) is 0 Å². The van der Waals surface area contributed by atoms with Gasteiger partial charge in [-0.25, -0.2) is 0 Å². The Balaban J connectivity index is 2.61. The van der Waals surface area contributed by atoms with Gasteiger partial charge in [-0.15, -0.1) is 0 Å². The van der Waals surface area contributed by atoms with Crippen molar-refractivity contribution in [3.8, 4) is 0 Å². The van der Waals surface area contributed by atoms with Crippen LogP contribution in [0.4, 0.5) is 0 Å². The fraction of sp³-hybridized carbons (Fsp3) is 0.500. The van der Waals surface area contributed by atoms with Gasteiger partial charge in [-0.1, -0.05) is 19.9 Å². The van der Waals surface area contributed by atoms with Crippen molar-refractivity contribution in [3.05, 3.63) is 23.9 Å². The Bertz CT molecular complexity index is 170. The maximum atomic E-state index is 9.09. The minimum absolute atomic E-state index is 0.458. The summed E-state index contributed by atoms with van der Waals surface area (Å²) in [5.41, 5.74) is 1.09. The van der Waals surface area contributed by atoms with E-state index >= 15 is 0 Å². The van der Waals surface area contributed by atoms with Gasteiger partial charge >= 0.3 is 0 Å². The van der Waals surface area contributed by atoms with Gasteiger partial charge < -0.3 is 10.4 Å². The Morgan fingerprint density at radius 2 is 2.30 bits per heavy atom. The molecule has 0 saturated carbocycles. The van der Waals surface area contributed by atoms with Crippen molar-refractivity contribution in [3.63, 3.8) is 0 Å². The van der Waals surface area contributed by atoms with Gasteiger partial charge in [0, 0.05) is 5.70 Å². The first-order valence-electron chi connectivity index (χ1n) is 3.53. The van der Waals surface area contributed by atoms with Crippen LogP contribution in [0.3, 0.4) is 0 Å². The Hall–Kier alpha value is -0.760. The molecule has 2 heteroatoms. The van der Waals surface area contributed by atoms with Crippen molar-refractivity contribution in [2.24, 2.45) is 5.92 Å². The van der Waals surface area contributed by atoms with Crippen LogP contribution in [0, 0.1) is 5.92 Å². The molecule has 1 unspecified atom stereocenters. The molecule has 2 N–H and O–H groups in total. The summed E-state index contributed by atoms with van der Waals surface area (Å²) in [6.45, 7) is 4.18. The highest BCUT2D eigenvalue weighted by atomic mass is 16.3. The van der Waals surface area contributed by atoms with Gasteiger partial charge in [-0.05, 0) is 18.1 Å². The average Bonchev–Trinajstić information content (AvgIpc) is 1.88. The van der Waals surface area contributed by atoms with Gasteiger partial charge in [0.05, 0.1) is 0 Å². The predicted molar refractivity (Wildman–Crippen MR) is 41.2 cm³/mol. The molecular weight excluding hydrogens is 126 g/mol. The highest BCUT2D eigenvalue weighted by Gasteiger charge is 2.07. The van der Waals surface area contributed by atoms with E-state index in [4.69, 9.17) is 5.11 Å². The second kappa shape index (κ2) is 2.88. The molecule has 0 aromatic carbocycles. The topological polar surface area (TPSA) is 32.3 Å². The van der Waals surface area contributed by atoms with Crippen LogP contribution in [-0.4, -0.2) is 11.3 Å². The standard InChI is InChI=1S/C8H13NO/c1-6(2)7-4-3-5-8(10)9-7/h3-6,8-10H,1-2H3. The molecule has 0 bridgehead atoms. The molecule has 0 aromatic rings. The van der Waals surface area contributed by atoms with Gasteiger partial charge in [0.15, 0.2) is 0 Å². The normalized spacial score (nSPS) is 24.4. The third-order valence-electron chi connectivity index (χ3n) is 1.51. The molecule has 0 spiro atoms. The molecule has 1 rings (SSSR count). The summed E-state index contributed by atoms with van der Waals surface area (Å²) >= 11 is 0. The molecule has 1 aliphatic heterocycles. The molecule has 1 atom stereocenters. The van der Waals surface area contributed by atoms with Crippen LogP contribution in [0.5, 0.6) is 0 Å². The summed E-state index contributed by atoms with van der Waals surface area (Å²) < 4.78 is 0. The summed E-state index contributed by atoms with van der Waals surface area (Å²) in [4.78, 5) is 0. The summed E-state index contributed by atoms with van der Waals surface area (Å²) in [5.74, 6) is 0.458. The molecular formula is C8H13NO. The van der Waals surface area contributed by atoms with E-state index in [1.54, 1.807) is 6.08 Å². The van der Waals surface area contributed by atoms with E-state index in [1.165, 1.54) is 0 Å². The van der Waals surface area contributed by atoms with Gasteiger partial charge in [0.1, 0.15) is 6.23 Å². The Morgan fingerprint density at radius 3 is 2.70 bits per heavy atom. The Morgan fingerprint density at radius 1 is 1.60 bits per heavy atom. The second-order valence-electron chi connectivity index (χ2n) is 2.75. The predicted octanol–water partition coefficient (Wildman–Crippen LogP) is 1.00. The van der Waals surface area contributed by atoms with E-state index in [0.29, 0.717) is 5.92 Å². The lowest BCUT2D eigenvalue weighted by molar-refractivity contribution is 0.191. The molecule has 0 saturated heterocycles. The molecule has 0 radical (unpaired) electrons. The Labute approximate surface area is 61.3 Å². The van der Waals surface area contributed by atoms with Gasteiger partial charge in [0.2, 0.25) is 0 Å². The summed E-state index contributed by atoms with van der Waals surface area (Å²) in [6, 6.07) is 0. The number of dihydropyridines is 1. The number of aliphatic hydroxyl groups excluding tert-OH is 1. The van der Waals surface area contributed by atoms with Crippen molar-refractivity contribution in [2.45, 2.75) is 20.1 Å². The van der Waals surface area contributed by atoms with Crippen LogP contribution in [0.15, 0.2) is 23.9 Å².